The molecule has 0 heterocycles. The van der Waals surface area contributed by atoms with E-state index in [9.17, 15) is 9.59 Å². The number of esters is 1. The van der Waals surface area contributed by atoms with E-state index in [0.717, 1.165) is 44.9 Å². The average Bonchev–Trinajstić information content (AvgIpc) is 2.79. The summed E-state index contributed by atoms with van der Waals surface area (Å²) < 4.78 is 4.63. The molecule has 1 aliphatic carbocycles. The molecule has 1 saturated carbocycles. The smallest absolute Gasteiger partial charge is 0.305 e. The molecule has 0 amide bonds. The third kappa shape index (κ3) is 6.06. The van der Waals surface area contributed by atoms with Crippen molar-refractivity contribution in [1.82, 2.24) is 0 Å². The highest BCUT2D eigenvalue weighted by Gasteiger charge is 2.33. The first-order valence-electron chi connectivity index (χ1n) is 8.28. The van der Waals surface area contributed by atoms with Gasteiger partial charge in [-0.1, -0.05) is 39.0 Å². The van der Waals surface area contributed by atoms with Crippen LogP contribution in [0.2, 0.25) is 0 Å². The molecule has 0 aromatic heterocycles. The van der Waals surface area contributed by atoms with Gasteiger partial charge in [-0.25, -0.2) is 0 Å². The van der Waals surface area contributed by atoms with Crippen molar-refractivity contribution >= 4 is 11.8 Å². The molecular weight excluding hydrogens is 252 g/mol. The fourth-order valence-corrected chi connectivity index (χ4v) is 3.29. The van der Waals surface area contributed by atoms with Crippen LogP contribution in [0.3, 0.4) is 0 Å². The SMILES string of the molecule is CCCCC[C@H]1C(=O)CC[C@@H]1CCCCCC(=O)OC. The summed E-state index contributed by atoms with van der Waals surface area (Å²) >= 11 is 0. The molecule has 0 spiro atoms. The highest BCUT2D eigenvalue weighted by molar-refractivity contribution is 5.83. The van der Waals surface area contributed by atoms with Gasteiger partial charge in [0.25, 0.3) is 0 Å². The first kappa shape index (κ1) is 17.2. The summed E-state index contributed by atoms with van der Waals surface area (Å²) in [5.74, 6) is 1.33. The van der Waals surface area contributed by atoms with Crippen molar-refractivity contribution in [2.24, 2.45) is 11.8 Å². The van der Waals surface area contributed by atoms with Gasteiger partial charge in [-0.2, -0.15) is 0 Å². The summed E-state index contributed by atoms with van der Waals surface area (Å²) in [6.45, 7) is 2.20. The quantitative estimate of drug-likeness (QED) is 0.443. The maximum absolute atomic E-state index is 11.9. The van der Waals surface area contributed by atoms with Crippen molar-refractivity contribution in [3.8, 4) is 0 Å². The summed E-state index contributed by atoms with van der Waals surface area (Å²) in [5, 5.41) is 0. The van der Waals surface area contributed by atoms with Crippen LogP contribution in [0.15, 0.2) is 0 Å². The Bertz CT molecular complexity index is 299. The van der Waals surface area contributed by atoms with Crippen LogP contribution in [0, 0.1) is 11.8 Å². The second-order valence-electron chi connectivity index (χ2n) is 6.04. The van der Waals surface area contributed by atoms with Gasteiger partial charge >= 0.3 is 5.97 Å². The minimum Gasteiger partial charge on any atom is -0.469 e. The molecule has 3 heteroatoms. The Balaban J connectivity index is 2.17. The van der Waals surface area contributed by atoms with Crippen LogP contribution < -0.4 is 0 Å². The molecule has 20 heavy (non-hydrogen) atoms. The molecule has 1 fully saturated rings. The van der Waals surface area contributed by atoms with E-state index < -0.39 is 0 Å². The Labute approximate surface area is 123 Å². The number of hydrogen-bond donors (Lipinski definition) is 0. The first-order chi connectivity index (χ1) is 9.69. The fourth-order valence-electron chi connectivity index (χ4n) is 3.29. The van der Waals surface area contributed by atoms with Crippen LogP contribution in [0.4, 0.5) is 0 Å². The summed E-state index contributed by atoms with van der Waals surface area (Å²) in [4.78, 5) is 22.9. The predicted molar refractivity (Wildman–Crippen MR) is 80.5 cm³/mol. The molecule has 0 radical (unpaired) electrons. The predicted octanol–water partition coefficient (Wildman–Crippen LogP) is 4.29. The van der Waals surface area contributed by atoms with E-state index in [1.807, 2.05) is 0 Å². The van der Waals surface area contributed by atoms with Crippen LogP contribution in [0.25, 0.3) is 0 Å². The molecule has 0 N–H and O–H groups in total. The molecule has 116 valence electrons. The summed E-state index contributed by atoms with van der Waals surface area (Å²) in [7, 11) is 1.44. The van der Waals surface area contributed by atoms with Gasteiger partial charge in [-0.05, 0) is 31.6 Å². The number of hydrogen-bond acceptors (Lipinski definition) is 3. The maximum atomic E-state index is 11.9. The van der Waals surface area contributed by atoms with Crippen molar-refractivity contribution < 1.29 is 14.3 Å². The molecule has 0 aliphatic heterocycles. The first-order valence-corrected chi connectivity index (χ1v) is 8.28. The Hall–Kier alpha value is -0.860. The number of carbonyl (C=O) groups excluding carboxylic acids is 2. The Morgan fingerprint density at radius 3 is 2.60 bits per heavy atom. The maximum Gasteiger partial charge on any atom is 0.305 e. The van der Waals surface area contributed by atoms with Gasteiger partial charge in [0.15, 0.2) is 0 Å². The van der Waals surface area contributed by atoms with E-state index in [1.54, 1.807) is 0 Å². The molecular formula is C17H30O3. The highest BCUT2D eigenvalue weighted by atomic mass is 16.5. The number of carbonyl (C=O) groups is 2. The lowest BCUT2D eigenvalue weighted by atomic mass is 9.86. The van der Waals surface area contributed by atoms with E-state index in [-0.39, 0.29) is 5.97 Å². The summed E-state index contributed by atoms with van der Waals surface area (Å²) in [6, 6.07) is 0. The Kier molecular flexibility index (Phi) is 8.56. The molecule has 1 rings (SSSR count). The molecule has 0 unspecified atom stereocenters. The third-order valence-electron chi connectivity index (χ3n) is 4.55. The van der Waals surface area contributed by atoms with Crippen molar-refractivity contribution in [2.75, 3.05) is 7.11 Å². The number of rotatable bonds is 10. The number of ketones is 1. The molecule has 0 aromatic carbocycles. The minimum absolute atomic E-state index is 0.113. The number of ether oxygens (including phenoxy) is 1. The largest absolute Gasteiger partial charge is 0.469 e. The number of Topliss-reactive ketones (excluding diaryl/α,β-unsaturated/α-hetero) is 1. The lowest BCUT2D eigenvalue weighted by Gasteiger charge is -2.18. The van der Waals surface area contributed by atoms with Crippen LogP contribution in [0.5, 0.6) is 0 Å². The molecule has 3 nitrogen and oxygen atoms in total. The van der Waals surface area contributed by atoms with Gasteiger partial charge in [0.2, 0.25) is 0 Å². The van der Waals surface area contributed by atoms with Crippen molar-refractivity contribution in [2.45, 2.75) is 77.6 Å². The van der Waals surface area contributed by atoms with Gasteiger partial charge in [-0.3, -0.25) is 9.59 Å². The normalized spacial score (nSPS) is 22.2. The Morgan fingerprint density at radius 2 is 1.90 bits per heavy atom. The van der Waals surface area contributed by atoms with Crippen molar-refractivity contribution in [3.63, 3.8) is 0 Å². The topological polar surface area (TPSA) is 43.4 Å². The minimum atomic E-state index is -0.113. The van der Waals surface area contributed by atoms with Crippen LogP contribution in [-0.2, 0) is 14.3 Å². The molecule has 1 aliphatic rings. The average molecular weight is 282 g/mol. The van der Waals surface area contributed by atoms with Gasteiger partial charge in [0, 0.05) is 18.8 Å². The van der Waals surface area contributed by atoms with Gasteiger partial charge in [0.1, 0.15) is 5.78 Å². The van der Waals surface area contributed by atoms with Crippen LogP contribution in [-0.4, -0.2) is 18.9 Å². The summed E-state index contributed by atoms with van der Waals surface area (Å²) in [5.41, 5.74) is 0. The monoisotopic (exact) mass is 282 g/mol. The van der Waals surface area contributed by atoms with E-state index >= 15 is 0 Å². The lowest BCUT2D eigenvalue weighted by Crippen LogP contribution is -2.15. The van der Waals surface area contributed by atoms with E-state index in [1.165, 1.54) is 26.4 Å². The van der Waals surface area contributed by atoms with E-state index in [0.29, 0.717) is 24.0 Å². The van der Waals surface area contributed by atoms with Gasteiger partial charge < -0.3 is 4.74 Å². The number of methoxy groups -OCH3 is 1. The second-order valence-corrected chi connectivity index (χ2v) is 6.04. The molecule has 0 bridgehead atoms. The molecule has 2 atom stereocenters. The fraction of sp³-hybridized carbons (Fsp3) is 0.882. The zero-order valence-electron chi connectivity index (χ0n) is 13.2. The second kappa shape index (κ2) is 9.95. The molecule has 0 saturated heterocycles. The van der Waals surface area contributed by atoms with Gasteiger partial charge in [0.05, 0.1) is 7.11 Å². The van der Waals surface area contributed by atoms with Crippen LogP contribution >= 0.6 is 0 Å². The lowest BCUT2D eigenvalue weighted by molar-refractivity contribution is -0.140. The zero-order chi connectivity index (χ0) is 14.8. The third-order valence-corrected chi connectivity index (χ3v) is 4.55. The standard InChI is InChI=1S/C17H30O3/c1-3-4-6-10-15-14(12-13-16(15)18)9-7-5-8-11-17(19)20-2/h14-15H,3-13H2,1-2H3/t14-,15+/m0/s1. The van der Waals surface area contributed by atoms with Gasteiger partial charge in [-0.15, -0.1) is 0 Å². The zero-order valence-corrected chi connectivity index (χ0v) is 13.2. The van der Waals surface area contributed by atoms with Crippen molar-refractivity contribution in [3.05, 3.63) is 0 Å². The molecule has 0 aromatic rings. The van der Waals surface area contributed by atoms with Crippen molar-refractivity contribution in [1.29, 1.82) is 0 Å². The van der Waals surface area contributed by atoms with Crippen LogP contribution in [0.1, 0.15) is 77.6 Å². The highest BCUT2D eigenvalue weighted by Crippen LogP contribution is 2.36. The van der Waals surface area contributed by atoms with E-state index in [2.05, 4.69) is 11.7 Å². The summed E-state index contributed by atoms with van der Waals surface area (Å²) in [6.07, 6.45) is 11.5. The number of unbranched alkanes of at least 4 members (excludes halogenated alkanes) is 4. The van der Waals surface area contributed by atoms with E-state index in [4.69, 9.17) is 0 Å². The Morgan fingerprint density at radius 1 is 1.15 bits per heavy atom.